The van der Waals surface area contributed by atoms with Crippen molar-refractivity contribution in [3.05, 3.63) is 53.5 Å². The Balaban J connectivity index is 0.00000272. The van der Waals surface area contributed by atoms with Crippen LogP contribution in [0, 0.1) is 0 Å². The maximum atomic E-state index is 5.91. The standard InChI is InChI=1S/C22H28N6O2.HI/c1-4-29-18-12-16-11-15(2)30-19(16)13-17(18)14-25-22(23-3)24-9-8-21-27-26-20-7-5-6-10-28(20)21;/h5-7,10,12-13,15H,4,8-9,11,14H2,1-3H3,(H2,23,24,25);1H. The molecule has 166 valence electrons. The molecule has 0 bridgehead atoms. The van der Waals surface area contributed by atoms with Crippen molar-refractivity contribution in [2.75, 3.05) is 20.2 Å². The molecule has 31 heavy (non-hydrogen) atoms. The monoisotopic (exact) mass is 536 g/mol. The van der Waals surface area contributed by atoms with Gasteiger partial charge in [0.2, 0.25) is 0 Å². The second-order valence-electron chi connectivity index (χ2n) is 7.28. The maximum Gasteiger partial charge on any atom is 0.191 e. The minimum Gasteiger partial charge on any atom is -0.494 e. The van der Waals surface area contributed by atoms with Crippen LogP contribution in [0.4, 0.5) is 0 Å². The number of rotatable bonds is 7. The van der Waals surface area contributed by atoms with E-state index in [0.717, 1.165) is 47.3 Å². The van der Waals surface area contributed by atoms with Gasteiger partial charge in [0.25, 0.3) is 0 Å². The normalized spacial score (nSPS) is 15.2. The number of nitrogens with one attached hydrogen (secondary N) is 2. The molecule has 0 saturated heterocycles. The van der Waals surface area contributed by atoms with E-state index in [1.54, 1.807) is 7.05 Å². The van der Waals surface area contributed by atoms with Gasteiger partial charge in [0.1, 0.15) is 23.4 Å². The molecule has 0 aliphatic carbocycles. The van der Waals surface area contributed by atoms with Crippen LogP contribution in [0.15, 0.2) is 41.5 Å². The summed E-state index contributed by atoms with van der Waals surface area (Å²) < 4.78 is 13.8. The molecule has 0 spiro atoms. The van der Waals surface area contributed by atoms with Crippen LogP contribution in [0.5, 0.6) is 11.5 Å². The summed E-state index contributed by atoms with van der Waals surface area (Å²) in [6, 6.07) is 10.1. The van der Waals surface area contributed by atoms with Crippen LogP contribution in [0.3, 0.4) is 0 Å². The Kier molecular flexibility index (Phi) is 7.94. The van der Waals surface area contributed by atoms with Crippen LogP contribution in [0.1, 0.15) is 30.8 Å². The molecule has 9 heteroatoms. The first-order valence-corrected chi connectivity index (χ1v) is 10.4. The van der Waals surface area contributed by atoms with Crippen molar-refractivity contribution in [1.29, 1.82) is 0 Å². The maximum absolute atomic E-state index is 5.91. The topological polar surface area (TPSA) is 85.1 Å². The zero-order valence-corrected chi connectivity index (χ0v) is 20.4. The Labute approximate surface area is 199 Å². The van der Waals surface area contributed by atoms with E-state index in [-0.39, 0.29) is 30.1 Å². The Bertz CT molecular complexity index is 1050. The fraction of sp³-hybridized carbons (Fsp3) is 0.409. The number of pyridine rings is 1. The van der Waals surface area contributed by atoms with Crippen LogP contribution >= 0.6 is 24.0 Å². The molecule has 3 aromatic rings. The summed E-state index contributed by atoms with van der Waals surface area (Å²) in [5, 5.41) is 15.2. The zero-order chi connectivity index (χ0) is 20.9. The summed E-state index contributed by atoms with van der Waals surface area (Å²) in [5.41, 5.74) is 3.11. The van der Waals surface area contributed by atoms with Crippen molar-refractivity contribution < 1.29 is 9.47 Å². The number of hydrogen-bond acceptors (Lipinski definition) is 5. The summed E-state index contributed by atoms with van der Waals surface area (Å²) in [5.74, 6) is 3.48. The van der Waals surface area contributed by atoms with Crippen molar-refractivity contribution in [2.45, 2.75) is 39.3 Å². The summed E-state index contributed by atoms with van der Waals surface area (Å²) in [6.45, 7) is 5.99. The molecule has 4 rings (SSSR count). The van der Waals surface area contributed by atoms with Gasteiger partial charge in [0, 0.05) is 50.3 Å². The van der Waals surface area contributed by atoms with E-state index in [9.17, 15) is 0 Å². The van der Waals surface area contributed by atoms with Crippen molar-refractivity contribution in [3.8, 4) is 11.5 Å². The van der Waals surface area contributed by atoms with Crippen LogP contribution < -0.4 is 20.1 Å². The van der Waals surface area contributed by atoms with Gasteiger partial charge < -0.3 is 20.1 Å². The largest absolute Gasteiger partial charge is 0.494 e. The average Bonchev–Trinajstić information content (AvgIpc) is 3.32. The molecule has 1 atom stereocenters. The first kappa shape index (κ1) is 23.1. The van der Waals surface area contributed by atoms with Crippen molar-refractivity contribution in [1.82, 2.24) is 25.2 Å². The molecule has 8 nitrogen and oxygen atoms in total. The third-order valence-corrected chi connectivity index (χ3v) is 5.07. The highest BCUT2D eigenvalue weighted by atomic mass is 127. The number of ether oxygens (including phenoxy) is 2. The molecule has 1 aromatic carbocycles. The third-order valence-electron chi connectivity index (χ3n) is 5.07. The number of nitrogens with zero attached hydrogens (tertiary/aromatic N) is 4. The SMILES string of the molecule is CCOc1cc2c(cc1CNC(=NC)NCCc1nnc3ccccn13)OC(C)C2.I. The van der Waals surface area contributed by atoms with Crippen molar-refractivity contribution in [2.24, 2.45) is 4.99 Å². The zero-order valence-electron chi connectivity index (χ0n) is 18.1. The van der Waals surface area contributed by atoms with Crippen molar-refractivity contribution in [3.63, 3.8) is 0 Å². The first-order valence-electron chi connectivity index (χ1n) is 10.4. The second kappa shape index (κ2) is 10.7. The first-order chi connectivity index (χ1) is 14.7. The molecule has 2 N–H and O–H groups in total. The van der Waals surface area contributed by atoms with Gasteiger partial charge in [-0.2, -0.15) is 0 Å². The van der Waals surface area contributed by atoms with Crippen LogP contribution in [0.25, 0.3) is 5.65 Å². The average molecular weight is 536 g/mol. The predicted octanol–water partition coefficient (Wildman–Crippen LogP) is 2.98. The van der Waals surface area contributed by atoms with Crippen molar-refractivity contribution >= 4 is 35.6 Å². The van der Waals surface area contributed by atoms with E-state index in [0.29, 0.717) is 19.7 Å². The summed E-state index contributed by atoms with van der Waals surface area (Å²) in [6.07, 6.45) is 3.84. The van der Waals surface area contributed by atoms with Gasteiger partial charge in [0.05, 0.1) is 6.61 Å². The minimum atomic E-state index is 0. The van der Waals surface area contributed by atoms with Crippen LogP contribution in [-0.2, 0) is 19.4 Å². The highest BCUT2D eigenvalue weighted by molar-refractivity contribution is 14.0. The van der Waals surface area contributed by atoms with Gasteiger partial charge in [-0.1, -0.05) is 6.07 Å². The second-order valence-corrected chi connectivity index (χ2v) is 7.28. The van der Waals surface area contributed by atoms with Gasteiger partial charge in [-0.15, -0.1) is 34.2 Å². The lowest BCUT2D eigenvalue weighted by Gasteiger charge is -2.15. The molecule has 1 aliphatic heterocycles. The molecule has 0 fully saturated rings. The third kappa shape index (κ3) is 5.38. The molecule has 3 heterocycles. The molecular formula is C22H29IN6O2. The number of aliphatic imine (C=N–C) groups is 1. The summed E-state index contributed by atoms with van der Waals surface area (Å²) >= 11 is 0. The number of guanidine groups is 1. The fourth-order valence-electron chi connectivity index (χ4n) is 3.66. The Morgan fingerprint density at radius 2 is 2.16 bits per heavy atom. The minimum absolute atomic E-state index is 0. The molecule has 1 unspecified atom stereocenters. The number of benzene rings is 1. The summed E-state index contributed by atoms with van der Waals surface area (Å²) in [4.78, 5) is 4.32. The van der Waals surface area contributed by atoms with Crippen LogP contribution in [-0.4, -0.2) is 46.9 Å². The smallest absolute Gasteiger partial charge is 0.191 e. The quantitative estimate of drug-likeness (QED) is 0.275. The number of halogens is 1. The molecule has 0 saturated carbocycles. The molecule has 1 aliphatic rings. The Morgan fingerprint density at radius 1 is 1.29 bits per heavy atom. The molecule has 0 radical (unpaired) electrons. The highest BCUT2D eigenvalue weighted by Crippen LogP contribution is 2.35. The molecule has 2 aromatic heterocycles. The van der Waals surface area contributed by atoms with E-state index in [1.165, 1.54) is 5.56 Å². The van der Waals surface area contributed by atoms with Gasteiger partial charge in [-0.05, 0) is 38.1 Å². The lowest BCUT2D eigenvalue weighted by atomic mass is 10.1. The van der Waals surface area contributed by atoms with E-state index in [1.807, 2.05) is 35.7 Å². The van der Waals surface area contributed by atoms with E-state index >= 15 is 0 Å². The van der Waals surface area contributed by atoms with Crippen LogP contribution in [0.2, 0.25) is 0 Å². The van der Waals surface area contributed by atoms with Gasteiger partial charge in [-0.25, -0.2) is 0 Å². The Hall–Kier alpha value is -2.56. The number of aromatic nitrogens is 3. The van der Waals surface area contributed by atoms with E-state index in [4.69, 9.17) is 9.47 Å². The van der Waals surface area contributed by atoms with E-state index < -0.39 is 0 Å². The van der Waals surface area contributed by atoms with Gasteiger partial charge in [0.15, 0.2) is 11.6 Å². The number of hydrogen-bond donors (Lipinski definition) is 2. The lowest BCUT2D eigenvalue weighted by molar-refractivity contribution is 0.254. The Morgan fingerprint density at radius 3 is 2.97 bits per heavy atom. The summed E-state index contributed by atoms with van der Waals surface area (Å²) in [7, 11) is 1.76. The van der Waals surface area contributed by atoms with Gasteiger partial charge in [-0.3, -0.25) is 9.39 Å². The highest BCUT2D eigenvalue weighted by Gasteiger charge is 2.22. The van der Waals surface area contributed by atoms with Gasteiger partial charge >= 0.3 is 0 Å². The number of fused-ring (bicyclic) bond motifs is 2. The predicted molar refractivity (Wildman–Crippen MR) is 132 cm³/mol. The van der Waals surface area contributed by atoms with E-state index in [2.05, 4.69) is 44.9 Å². The molecule has 0 amide bonds. The molecular weight excluding hydrogens is 507 g/mol. The fourth-order valence-corrected chi connectivity index (χ4v) is 3.66. The lowest BCUT2D eigenvalue weighted by Crippen LogP contribution is -2.38.